The number of carbonyl (C=O) groups excluding carboxylic acids is 1. The number of aromatic nitrogens is 2. The van der Waals surface area contributed by atoms with Crippen molar-refractivity contribution in [2.45, 2.75) is 26.8 Å². The molecule has 0 saturated heterocycles. The first-order valence-corrected chi connectivity index (χ1v) is 8.26. The SMILES string of the molecule is C=CCOc1ccc(C(=O)NCCCn2nc(C)cc2C)cc1OC. The normalized spacial score (nSPS) is 10.4. The zero-order valence-corrected chi connectivity index (χ0v) is 15.0. The second-order valence-corrected chi connectivity index (χ2v) is 5.73. The van der Waals surface area contributed by atoms with Crippen LogP contribution >= 0.6 is 0 Å². The van der Waals surface area contributed by atoms with Gasteiger partial charge in [0.1, 0.15) is 6.61 Å². The molecule has 0 fully saturated rings. The molecular weight excluding hydrogens is 318 g/mol. The summed E-state index contributed by atoms with van der Waals surface area (Å²) in [5, 5.41) is 7.33. The van der Waals surface area contributed by atoms with E-state index in [4.69, 9.17) is 9.47 Å². The molecule has 0 aliphatic carbocycles. The molecule has 0 saturated carbocycles. The number of nitrogens with one attached hydrogen (secondary N) is 1. The van der Waals surface area contributed by atoms with Gasteiger partial charge >= 0.3 is 0 Å². The van der Waals surface area contributed by atoms with Crippen molar-refractivity contribution in [3.63, 3.8) is 0 Å². The van der Waals surface area contributed by atoms with Gasteiger partial charge in [0.25, 0.3) is 5.91 Å². The molecule has 25 heavy (non-hydrogen) atoms. The molecule has 134 valence electrons. The predicted molar refractivity (Wildman–Crippen MR) is 97.3 cm³/mol. The number of methoxy groups -OCH3 is 1. The summed E-state index contributed by atoms with van der Waals surface area (Å²) in [5.74, 6) is 0.975. The van der Waals surface area contributed by atoms with E-state index < -0.39 is 0 Å². The first kappa shape index (κ1) is 18.6. The molecule has 2 aromatic rings. The van der Waals surface area contributed by atoms with E-state index in [0.29, 0.717) is 30.2 Å². The smallest absolute Gasteiger partial charge is 0.251 e. The van der Waals surface area contributed by atoms with Gasteiger partial charge in [-0.3, -0.25) is 9.48 Å². The monoisotopic (exact) mass is 343 g/mol. The number of benzene rings is 1. The summed E-state index contributed by atoms with van der Waals surface area (Å²) < 4.78 is 12.7. The molecule has 1 heterocycles. The van der Waals surface area contributed by atoms with E-state index in [1.54, 1.807) is 31.4 Å². The number of ether oxygens (including phenoxy) is 2. The zero-order chi connectivity index (χ0) is 18.2. The Hall–Kier alpha value is -2.76. The van der Waals surface area contributed by atoms with Crippen LogP contribution in [0, 0.1) is 13.8 Å². The maximum Gasteiger partial charge on any atom is 0.251 e. The largest absolute Gasteiger partial charge is 0.493 e. The van der Waals surface area contributed by atoms with Gasteiger partial charge < -0.3 is 14.8 Å². The predicted octanol–water partition coefficient (Wildman–Crippen LogP) is 2.89. The molecule has 0 aliphatic heterocycles. The Morgan fingerprint density at radius 2 is 2.12 bits per heavy atom. The molecule has 0 radical (unpaired) electrons. The Balaban J connectivity index is 1.87. The Kier molecular flexibility index (Phi) is 6.62. The molecule has 0 atom stereocenters. The van der Waals surface area contributed by atoms with E-state index in [0.717, 1.165) is 24.4 Å². The average molecular weight is 343 g/mol. The van der Waals surface area contributed by atoms with E-state index in [1.807, 2.05) is 24.6 Å². The molecule has 0 bridgehead atoms. The minimum atomic E-state index is -0.137. The minimum Gasteiger partial charge on any atom is -0.493 e. The van der Waals surface area contributed by atoms with Crippen molar-refractivity contribution < 1.29 is 14.3 Å². The first-order chi connectivity index (χ1) is 12.0. The lowest BCUT2D eigenvalue weighted by atomic mass is 10.2. The van der Waals surface area contributed by atoms with E-state index in [1.165, 1.54) is 0 Å². The highest BCUT2D eigenvalue weighted by Crippen LogP contribution is 2.28. The maximum atomic E-state index is 12.3. The average Bonchev–Trinajstić information content (AvgIpc) is 2.93. The number of hydrogen-bond donors (Lipinski definition) is 1. The number of amides is 1. The second kappa shape index (κ2) is 8.92. The van der Waals surface area contributed by atoms with Gasteiger partial charge in [-0.25, -0.2) is 0 Å². The molecule has 1 N–H and O–H groups in total. The first-order valence-electron chi connectivity index (χ1n) is 8.26. The molecule has 0 spiro atoms. The fraction of sp³-hybridized carbons (Fsp3) is 0.368. The molecule has 0 aliphatic rings. The Morgan fingerprint density at radius 3 is 2.76 bits per heavy atom. The number of hydrogen-bond acceptors (Lipinski definition) is 4. The molecule has 6 heteroatoms. The van der Waals surface area contributed by atoms with Crippen LogP contribution in [0.3, 0.4) is 0 Å². The summed E-state index contributed by atoms with van der Waals surface area (Å²) in [4.78, 5) is 12.3. The summed E-state index contributed by atoms with van der Waals surface area (Å²) in [6.07, 6.45) is 2.47. The van der Waals surface area contributed by atoms with Crippen molar-refractivity contribution in [3.05, 3.63) is 53.9 Å². The number of nitrogens with zero attached hydrogens (tertiary/aromatic N) is 2. The number of carbonyl (C=O) groups is 1. The summed E-state index contributed by atoms with van der Waals surface area (Å²) in [6.45, 7) is 9.35. The molecule has 1 aromatic carbocycles. The van der Waals surface area contributed by atoms with Crippen LogP contribution in [0.15, 0.2) is 36.9 Å². The standard InChI is InChI=1S/C19H25N3O3/c1-5-11-25-17-8-7-16(13-18(17)24-4)19(23)20-9-6-10-22-15(3)12-14(2)21-22/h5,7-8,12-13H,1,6,9-11H2,2-4H3,(H,20,23). The van der Waals surface area contributed by atoms with Gasteiger partial charge in [-0.05, 0) is 44.5 Å². The van der Waals surface area contributed by atoms with Crippen molar-refractivity contribution in [1.82, 2.24) is 15.1 Å². The molecule has 0 unspecified atom stereocenters. The van der Waals surface area contributed by atoms with Crippen LogP contribution < -0.4 is 14.8 Å². The maximum absolute atomic E-state index is 12.3. The van der Waals surface area contributed by atoms with Crippen LogP contribution in [-0.4, -0.2) is 35.9 Å². The highest BCUT2D eigenvalue weighted by Gasteiger charge is 2.11. The summed E-state index contributed by atoms with van der Waals surface area (Å²) in [7, 11) is 1.55. The van der Waals surface area contributed by atoms with E-state index in [9.17, 15) is 4.79 Å². The third-order valence-electron chi connectivity index (χ3n) is 3.72. The highest BCUT2D eigenvalue weighted by atomic mass is 16.5. The topological polar surface area (TPSA) is 65.4 Å². The van der Waals surface area contributed by atoms with Crippen LogP contribution in [0.1, 0.15) is 28.2 Å². The van der Waals surface area contributed by atoms with Crippen molar-refractivity contribution in [1.29, 1.82) is 0 Å². The van der Waals surface area contributed by atoms with Crippen LogP contribution in [0.25, 0.3) is 0 Å². The molecule has 6 nitrogen and oxygen atoms in total. The van der Waals surface area contributed by atoms with Crippen molar-refractivity contribution >= 4 is 5.91 Å². The molecular formula is C19H25N3O3. The number of rotatable bonds is 9. The molecule has 1 amide bonds. The Morgan fingerprint density at radius 1 is 1.32 bits per heavy atom. The van der Waals surface area contributed by atoms with Crippen molar-refractivity contribution in [2.75, 3.05) is 20.3 Å². The highest BCUT2D eigenvalue weighted by molar-refractivity contribution is 5.94. The van der Waals surface area contributed by atoms with Crippen LogP contribution in [0.5, 0.6) is 11.5 Å². The number of aryl methyl sites for hydroxylation is 3. The lowest BCUT2D eigenvalue weighted by Crippen LogP contribution is -2.25. The van der Waals surface area contributed by atoms with Crippen molar-refractivity contribution in [2.24, 2.45) is 0 Å². The van der Waals surface area contributed by atoms with Crippen molar-refractivity contribution in [3.8, 4) is 11.5 Å². The third-order valence-corrected chi connectivity index (χ3v) is 3.72. The lowest BCUT2D eigenvalue weighted by molar-refractivity contribution is 0.0952. The van der Waals surface area contributed by atoms with Crippen LogP contribution in [0.4, 0.5) is 0 Å². The summed E-state index contributed by atoms with van der Waals surface area (Å²) >= 11 is 0. The Bertz CT molecular complexity index is 738. The molecule has 1 aromatic heterocycles. The second-order valence-electron chi connectivity index (χ2n) is 5.73. The lowest BCUT2D eigenvalue weighted by Gasteiger charge is -2.11. The fourth-order valence-corrected chi connectivity index (χ4v) is 2.51. The van der Waals surface area contributed by atoms with E-state index in [-0.39, 0.29) is 5.91 Å². The van der Waals surface area contributed by atoms with Gasteiger partial charge in [-0.1, -0.05) is 12.7 Å². The quantitative estimate of drug-likeness (QED) is 0.562. The van der Waals surface area contributed by atoms with Gasteiger partial charge in [0.05, 0.1) is 12.8 Å². The summed E-state index contributed by atoms with van der Waals surface area (Å²) in [5.41, 5.74) is 2.67. The van der Waals surface area contributed by atoms with E-state index in [2.05, 4.69) is 17.0 Å². The van der Waals surface area contributed by atoms with Crippen LogP contribution in [0.2, 0.25) is 0 Å². The third kappa shape index (κ3) is 5.11. The minimum absolute atomic E-state index is 0.137. The summed E-state index contributed by atoms with van der Waals surface area (Å²) in [6, 6.07) is 7.17. The van der Waals surface area contributed by atoms with Gasteiger partial charge in [0.2, 0.25) is 0 Å². The molecule has 2 rings (SSSR count). The zero-order valence-electron chi connectivity index (χ0n) is 15.0. The van der Waals surface area contributed by atoms with Gasteiger partial charge in [0.15, 0.2) is 11.5 Å². The van der Waals surface area contributed by atoms with Gasteiger partial charge in [-0.15, -0.1) is 0 Å². The fourth-order valence-electron chi connectivity index (χ4n) is 2.51. The van der Waals surface area contributed by atoms with Gasteiger partial charge in [0, 0.05) is 24.3 Å². The van der Waals surface area contributed by atoms with Gasteiger partial charge in [-0.2, -0.15) is 5.10 Å². The van der Waals surface area contributed by atoms with E-state index >= 15 is 0 Å². The Labute approximate surface area is 148 Å². The van der Waals surface area contributed by atoms with Crippen LogP contribution in [-0.2, 0) is 6.54 Å².